The lowest BCUT2D eigenvalue weighted by Crippen LogP contribution is -2.48. The standard InChI is InChI=1S/C19H17FN2O2S/c1-12-16(18(23)24-2)17(13-8-10-14(20)11-9-13)21-19(25)22(12)15-6-4-3-5-7-15/h3-11,17H,1-2H3,(H,21,25). The van der Waals surface area contributed by atoms with Crippen LogP contribution in [0.5, 0.6) is 0 Å². The van der Waals surface area contributed by atoms with Crippen molar-refractivity contribution < 1.29 is 13.9 Å². The first-order chi connectivity index (χ1) is 12.0. The molecule has 0 fully saturated rings. The highest BCUT2D eigenvalue weighted by molar-refractivity contribution is 7.80. The van der Waals surface area contributed by atoms with Crippen LogP contribution in [0.1, 0.15) is 18.5 Å². The maximum atomic E-state index is 13.3. The molecule has 0 aliphatic carbocycles. The summed E-state index contributed by atoms with van der Waals surface area (Å²) >= 11 is 5.52. The third kappa shape index (κ3) is 3.25. The molecule has 3 rings (SSSR count). The molecule has 1 aliphatic rings. The van der Waals surface area contributed by atoms with Crippen molar-refractivity contribution in [1.29, 1.82) is 0 Å². The van der Waals surface area contributed by atoms with Crippen LogP contribution < -0.4 is 10.2 Å². The zero-order valence-electron chi connectivity index (χ0n) is 13.8. The Balaban J connectivity index is 2.12. The molecule has 0 amide bonds. The third-order valence-electron chi connectivity index (χ3n) is 4.11. The van der Waals surface area contributed by atoms with Crippen LogP contribution >= 0.6 is 12.2 Å². The molecule has 1 atom stereocenters. The predicted molar refractivity (Wildman–Crippen MR) is 98.5 cm³/mol. The van der Waals surface area contributed by atoms with Gasteiger partial charge in [0.25, 0.3) is 0 Å². The quantitative estimate of drug-likeness (QED) is 0.671. The van der Waals surface area contributed by atoms with E-state index in [2.05, 4.69) is 5.32 Å². The van der Waals surface area contributed by atoms with Gasteiger partial charge < -0.3 is 10.1 Å². The topological polar surface area (TPSA) is 41.6 Å². The fraction of sp³-hybridized carbons (Fsp3) is 0.158. The number of rotatable bonds is 3. The van der Waals surface area contributed by atoms with Crippen molar-refractivity contribution in [2.45, 2.75) is 13.0 Å². The molecule has 0 saturated heterocycles. The van der Waals surface area contributed by atoms with E-state index in [4.69, 9.17) is 17.0 Å². The molecular weight excluding hydrogens is 339 g/mol. The molecule has 2 aromatic carbocycles. The number of halogens is 1. The Morgan fingerprint density at radius 2 is 1.80 bits per heavy atom. The molecule has 1 unspecified atom stereocenters. The van der Waals surface area contributed by atoms with Gasteiger partial charge in [-0.25, -0.2) is 9.18 Å². The van der Waals surface area contributed by atoms with E-state index in [9.17, 15) is 9.18 Å². The molecule has 128 valence electrons. The minimum absolute atomic E-state index is 0.339. The second-order valence-corrected chi connectivity index (χ2v) is 5.98. The number of carbonyl (C=O) groups excluding carboxylic acids is 1. The van der Waals surface area contributed by atoms with Crippen molar-refractivity contribution in [1.82, 2.24) is 5.32 Å². The van der Waals surface area contributed by atoms with Crippen molar-refractivity contribution >= 4 is 29.0 Å². The van der Waals surface area contributed by atoms with Crippen molar-refractivity contribution in [3.8, 4) is 0 Å². The van der Waals surface area contributed by atoms with E-state index >= 15 is 0 Å². The van der Waals surface area contributed by atoms with Gasteiger partial charge in [0.15, 0.2) is 5.11 Å². The molecule has 1 heterocycles. The molecule has 25 heavy (non-hydrogen) atoms. The number of benzene rings is 2. The number of ether oxygens (including phenoxy) is 1. The van der Waals surface area contributed by atoms with Gasteiger partial charge in [0, 0.05) is 11.4 Å². The molecule has 0 bridgehead atoms. The molecule has 1 N–H and O–H groups in total. The number of carbonyl (C=O) groups is 1. The number of para-hydroxylation sites is 1. The van der Waals surface area contributed by atoms with Crippen LogP contribution in [0.4, 0.5) is 10.1 Å². The summed E-state index contributed by atoms with van der Waals surface area (Å²) in [5.74, 6) is -0.795. The molecule has 0 aromatic heterocycles. The number of methoxy groups -OCH3 is 1. The first-order valence-corrected chi connectivity index (χ1v) is 8.14. The van der Waals surface area contributed by atoms with Crippen molar-refractivity contribution in [3.05, 3.63) is 77.2 Å². The van der Waals surface area contributed by atoms with Gasteiger partial charge in [0.2, 0.25) is 0 Å². The molecule has 4 nitrogen and oxygen atoms in total. The van der Waals surface area contributed by atoms with Crippen molar-refractivity contribution in [3.63, 3.8) is 0 Å². The molecule has 2 aromatic rings. The highest BCUT2D eigenvalue weighted by Crippen LogP contribution is 2.34. The third-order valence-corrected chi connectivity index (χ3v) is 4.41. The number of hydrogen-bond donors (Lipinski definition) is 1. The lowest BCUT2D eigenvalue weighted by Gasteiger charge is -2.37. The molecule has 1 aliphatic heterocycles. The first kappa shape index (κ1) is 17.1. The fourth-order valence-corrected chi connectivity index (χ4v) is 3.27. The summed E-state index contributed by atoms with van der Waals surface area (Å²) in [5, 5.41) is 3.64. The van der Waals surface area contributed by atoms with Gasteiger partial charge >= 0.3 is 5.97 Å². The van der Waals surface area contributed by atoms with Gasteiger partial charge in [-0.15, -0.1) is 0 Å². The largest absolute Gasteiger partial charge is 0.466 e. The van der Waals surface area contributed by atoms with Crippen LogP contribution in [-0.4, -0.2) is 18.2 Å². The first-order valence-electron chi connectivity index (χ1n) is 7.73. The maximum Gasteiger partial charge on any atom is 0.337 e. The Morgan fingerprint density at radius 1 is 1.16 bits per heavy atom. The van der Waals surface area contributed by atoms with Gasteiger partial charge in [0.1, 0.15) is 5.82 Å². The SMILES string of the molecule is COC(=O)C1=C(C)N(c2ccccc2)C(=S)NC1c1ccc(F)cc1. The average Bonchev–Trinajstić information content (AvgIpc) is 2.62. The smallest absolute Gasteiger partial charge is 0.337 e. The fourth-order valence-electron chi connectivity index (χ4n) is 2.91. The van der Waals surface area contributed by atoms with E-state index in [1.165, 1.54) is 19.2 Å². The molecule has 0 saturated carbocycles. The zero-order chi connectivity index (χ0) is 18.0. The number of esters is 1. The van der Waals surface area contributed by atoms with E-state index in [0.717, 1.165) is 11.3 Å². The number of nitrogens with zero attached hydrogens (tertiary/aromatic N) is 1. The normalized spacial score (nSPS) is 17.3. The van der Waals surface area contributed by atoms with Crippen LogP contribution in [0.2, 0.25) is 0 Å². The molecule has 0 radical (unpaired) electrons. The second kappa shape index (κ2) is 7.03. The summed E-state index contributed by atoms with van der Waals surface area (Å²) < 4.78 is 18.2. The van der Waals surface area contributed by atoms with E-state index in [1.807, 2.05) is 37.3 Å². The highest BCUT2D eigenvalue weighted by Gasteiger charge is 2.35. The Labute approximate surface area is 150 Å². The zero-order valence-corrected chi connectivity index (χ0v) is 14.6. The van der Waals surface area contributed by atoms with Gasteiger partial charge in [0.05, 0.1) is 18.7 Å². The van der Waals surface area contributed by atoms with Gasteiger partial charge in [-0.05, 0) is 49.0 Å². The number of anilines is 1. The predicted octanol–water partition coefficient (Wildman–Crippen LogP) is 3.71. The molecule has 0 spiro atoms. The van der Waals surface area contributed by atoms with Crippen LogP contribution in [-0.2, 0) is 9.53 Å². The van der Waals surface area contributed by atoms with E-state index in [0.29, 0.717) is 16.4 Å². The summed E-state index contributed by atoms with van der Waals surface area (Å²) in [6.07, 6.45) is 0. The monoisotopic (exact) mass is 356 g/mol. The number of hydrogen-bond acceptors (Lipinski definition) is 3. The summed E-state index contributed by atoms with van der Waals surface area (Å²) in [6.45, 7) is 1.82. The minimum Gasteiger partial charge on any atom is -0.466 e. The Hall–Kier alpha value is -2.73. The van der Waals surface area contributed by atoms with Gasteiger partial charge in [-0.3, -0.25) is 4.90 Å². The van der Waals surface area contributed by atoms with E-state index in [-0.39, 0.29) is 5.82 Å². The summed E-state index contributed by atoms with van der Waals surface area (Å²) in [6, 6.07) is 15.0. The minimum atomic E-state index is -0.500. The van der Waals surface area contributed by atoms with Crippen LogP contribution in [0, 0.1) is 5.82 Å². The van der Waals surface area contributed by atoms with Crippen LogP contribution in [0.3, 0.4) is 0 Å². The Morgan fingerprint density at radius 3 is 2.40 bits per heavy atom. The molecule has 6 heteroatoms. The van der Waals surface area contributed by atoms with Crippen LogP contribution in [0.15, 0.2) is 65.9 Å². The van der Waals surface area contributed by atoms with Gasteiger partial charge in [-0.1, -0.05) is 30.3 Å². The number of thiocarbonyl (C=S) groups is 1. The van der Waals surface area contributed by atoms with E-state index < -0.39 is 12.0 Å². The van der Waals surface area contributed by atoms with Crippen LogP contribution in [0.25, 0.3) is 0 Å². The summed E-state index contributed by atoms with van der Waals surface area (Å²) in [4.78, 5) is 14.2. The van der Waals surface area contributed by atoms with Crippen molar-refractivity contribution in [2.75, 3.05) is 12.0 Å². The Bertz CT molecular complexity index is 834. The Kier molecular flexibility index (Phi) is 4.81. The number of allylic oxidation sites excluding steroid dienone is 1. The summed E-state index contributed by atoms with van der Waals surface area (Å²) in [5.41, 5.74) is 2.69. The molecular formula is C19H17FN2O2S. The lowest BCUT2D eigenvalue weighted by molar-refractivity contribution is -0.136. The lowest BCUT2D eigenvalue weighted by atomic mass is 9.95. The summed E-state index contributed by atoms with van der Waals surface area (Å²) in [7, 11) is 1.34. The van der Waals surface area contributed by atoms with E-state index in [1.54, 1.807) is 17.0 Å². The second-order valence-electron chi connectivity index (χ2n) is 5.60. The van der Waals surface area contributed by atoms with Gasteiger partial charge in [-0.2, -0.15) is 0 Å². The average molecular weight is 356 g/mol. The van der Waals surface area contributed by atoms with Crippen molar-refractivity contribution in [2.24, 2.45) is 0 Å². The maximum absolute atomic E-state index is 13.3. The number of nitrogens with one attached hydrogen (secondary N) is 1. The highest BCUT2D eigenvalue weighted by atomic mass is 32.1.